The van der Waals surface area contributed by atoms with Crippen molar-refractivity contribution in [3.8, 4) is 0 Å². The molecule has 0 fully saturated rings. The average molecular weight is 322 g/mol. The number of nitrogens with two attached hydrogens (primary N) is 1. The summed E-state index contributed by atoms with van der Waals surface area (Å²) < 4.78 is 0. The molecule has 3 N–H and O–H groups in total. The maximum absolute atomic E-state index is 12.4. The molecule has 0 atom stereocenters. The maximum atomic E-state index is 12.4. The zero-order chi connectivity index (χ0) is 15.4. The van der Waals surface area contributed by atoms with Crippen LogP contribution in [0.4, 0.5) is 16.6 Å². The molecular weight excluding hydrogens is 304 g/mol. The maximum Gasteiger partial charge on any atom is 0.269 e. The van der Waals surface area contributed by atoms with Crippen LogP contribution in [0.15, 0.2) is 29.2 Å². The van der Waals surface area contributed by atoms with Gasteiger partial charge in [-0.15, -0.1) is 11.8 Å². The molecule has 0 aliphatic rings. The van der Waals surface area contributed by atoms with E-state index in [1.165, 1.54) is 11.3 Å². The molecule has 2 rings (SSSR count). The molecule has 0 aliphatic carbocycles. The first-order valence-corrected chi connectivity index (χ1v) is 8.52. The van der Waals surface area contributed by atoms with Gasteiger partial charge in [0.05, 0.1) is 5.69 Å². The van der Waals surface area contributed by atoms with E-state index in [1.807, 2.05) is 49.4 Å². The molecule has 1 heterocycles. The van der Waals surface area contributed by atoms with E-state index in [4.69, 9.17) is 5.73 Å². The minimum absolute atomic E-state index is 0.220. The summed E-state index contributed by atoms with van der Waals surface area (Å²) in [7, 11) is 1.92. The van der Waals surface area contributed by atoms with Gasteiger partial charge in [-0.05, 0) is 25.3 Å². The van der Waals surface area contributed by atoms with Crippen molar-refractivity contribution in [2.45, 2.75) is 11.8 Å². The first-order valence-electron chi connectivity index (χ1n) is 6.48. The van der Waals surface area contributed by atoms with Crippen molar-refractivity contribution >= 4 is 45.6 Å². The number of nitrogen functional groups attached to an aromatic ring is 1. The van der Waals surface area contributed by atoms with Gasteiger partial charge in [0.2, 0.25) is 0 Å². The van der Waals surface area contributed by atoms with E-state index in [0.717, 1.165) is 22.3 Å². The average Bonchev–Trinajstić information content (AvgIpc) is 2.89. The molecule has 0 radical (unpaired) electrons. The molecule has 0 bridgehead atoms. The fourth-order valence-corrected chi connectivity index (χ4v) is 3.17. The first-order chi connectivity index (χ1) is 10.1. The number of para-hydroxylation sites is 1. The number of aromatic nitrogens is 1. The van der Waals surface area contributed by atoms with Gasteiger partial charge in [-0.1, -0.05) is 23.5 Å². The third-order valence-corrected chi connectivity index (χ3v) is 4.98. The molecule has 1 amide bonds. The molecule has 1 aromatic carbocycles. The Morgan fingerprint density at radius 3 is 2.86 bits per heavy atom. The zero-order valence-corrected chi connectivity index (χ0v) is 13.8. The van der Waals surface area contributed by atoms with Crippen molar-refractivity contribution in [3.05, 3.63) is 29.1 Å². The van der Waals surface area contributed by atoms with E-state index in [-0.39, 0.29) is 11.7 Å². The molecule has 2 aromatic rings. The summed E-state index contributed by atoms with van der Waals surface area (Å²) in [6.07, 6.45) is 1.97. The van der Waals surface area contributed by atoms with Gasteiger partial charge in [0.25, 0.3) is 5.91 Å². The number of amides is 1. The van der Waals surface area contributed by atoms with E-state index in [1.54, 1.807) is 11.8 Å². The van der Waals surface area contributed by atoms with Gasteiger partial charge in [-0.3, -0.25) is 4.79 Å². The monoisotopic (exact) mass is 322 g/mol. The number of thioether (sulfide) groups is 1. The van der Waals surface area contributed by atoms with Crippen molar-refractivity contribution in [2.75, 3.05) is 35.8 Å². The number of nitrogens with zero attached hydrogens (tertiary/aromatic N) is 2. The standard InChI is InChI=1S/C14H18N4OS2/c1-4-18(2)14-17-12(15)11(21-14)13(19)16-9-7-5-6-8-10(9)20-3/h5-8H,4,15H2,1-3H3,(H,16,19). The van der Waals surface area contributed by atoms with Gasteiger partial charge >= 0.3 is 0 Å². The predicted octanol–water partition coefficient (Wildman–Crippen LogP) is 3.16. The predicted molar refractivity (Wildman–Crippen MR) is 91.6 cm³/mol. The van der Waals surface area contributed by atoms with Crippen LogP contribution in [0.2, 0.25) is 0 Å². The van der Waals surface area contributed by atoms with E-state index in [0.29, 0.717) is 4.88 Å². The van der Waals surface area contributed by atoms with Gasteiger partial charge < -0.3 is 16.0 Å². The molecular formula is C14H18N4OS2. The van der Waals surface area contributed by atoms with Crippen LogP contribution in [0.5, 0.6) is 0 Å². The third kappa shape index (κ3) is 3.48. The largest absolute Gasteiger partial charge is 0.382 e. The van der Waals surface area contributed by atoms with Gasteiger partial charge in [0.15, 0.2) is 5.13 Å². The summed E-state index contributed by atoms with van der Waals surface area (Å²) in [5, 5.41) is 3.65. The van der Waals surface area contributed by atoms with E-state index >= 15 is 0 Å². The van der Waals surface area contributed by atoms with E-state index < -0.39 is 0 Å². The summed E-state index contributed by atoms with van der Waals surface area (Å²) in [4.78, 5) is 20.0. The lowest BCUT2D eigenvalue weighted by molar-refractivity contribution is 0.103. The highest BCUT2D eigenvalue weighted by atomic mass is 32.2. The number of carbonyl (C=O) groups excluding carboxylic acids is 1. The molecule has 21 heavy (non-hydrogen) atoms. The third-order valence-electron chi connectivity index (χ3n) is 3.00. The molecule has 5 nitrogen and oxygen atoms in total. The van der Waals surface area contributed by atoms with E-state index in [2.05, 4.69) is 10.3 Å². The Labute approximate surface area is 132 Å². The lowest BCUT2D eigenvalue weighted by atomic mass is 10.3. The number of hydrogen-bond acceptors (Lipinski definition) is 6. The molecule has 0 spiro atoms. The highest BCUT2D eigenvalue weighted by molar-refractivity contribution is 7.98. The molecule has 0 unspecified atom stereocenters. The van der Waals surface area contributed by atoms with Crippen LogP contribution >= 0.6 is 23.1 Å². The summed E-state index contributed by atoms with van der Waals surface area (Å²) in [6, 6.07) is 7.67. The smallest absolute Gasteiger partial charge is 0.269 e. The number of nitrogens with one attached hydrogen (secondary N) is 1. The van der Waals surface area contributed by atoms with Crippen LogP contribution in [0.1, 0.15) is 16.6 Å². The summed E-state index contributed by atoms with van der Waals surface area (Å²) >= 11 is 2.89. The van der Waals surface area contributed by atoms with Crippen LogP contribution in [-0.2, 0) is 0 Å². The highest BCUT2D eigenvalue weighted by Crippen LogP contribution is 2.30. The van der Waals surface area contributed by atoms with Gasteiger partial charge in [0, 0.05) is 18.5 Å². The summed E-state index contributed by atoms with van der Waals surface area (Å²) in [5.74, 6) is 0.0525. The molecule has 112 valence electrons. The number of thiazole rings is 1. The van der Waals surface area contributed by atoms with Crippen molar-refractivity contribution in [1.29, 1.82) is 0 Å². The molecule has 0 saturated carbocycles. The van der Waals surface area contributed by atoms with Crippen molar-refractivity contribution < 1.29 is 4.79 Å². The first kappa shape index (κ1) is 15.7. The van der Waals surface area contributed by atoms with Crippen LogP contribution in [-0.4, -0.2) is 30.7 Å². The number of benzene rings is 1. The fourth-order valence-electron chi connectivity index (χ4n) is 1.71. The molecule has 1 aromatic heterocycles. The van der Waals surface area contributed by atoms with Crippen molar-refractivity contribution in [2.24, 2.45) is 0 Å². The Kier molecular flexibility index (Phi) is 5.08. The fraction of sp³-hybridized carbons (Fsp3) is 0.286. The minimum atomic E-state index is -0.220. The summed E-state index contributed by atoms with van der Waals surface area (Å²) in [5.41, 5.74) is 6.65. The van der Waals surface area contributed by atoms with Crippen LogP contribution < -0.4 is 16.0 Å². The van der Waals surface area contributed by atoms with E-state index in [9.17, 15) is 4.79 Å². The number of rotatable bonds is 5. The number of anilines is 3. The van der Waals surface area contributed by atoms with Gasteiger partial charge in [0.1, 0.15) is 10.7 Å². The minimum Gasteiger partial charge on any atom is -0.382 e. The van der Waals surface area contributed by atoms with Crippen molar-refractivity contribution in [3.63, 3.8) is 0 Å². The SMILES string of the molecule is CCN(C)c1nc(N)c(C(=O)Nc2ccccc2SC)s1. The Morgan fingerprint density at radius 1 is 1.48 bits per heavy atom. The lowest BCUT2D eigenvalue weighted by Crippen LogP contribution is -2.15. The summed E-state index contributed by atoms with van der Waals surface area (Å²) in [6.45, 7) is 2.83. The molecule has 7 heteroatoms. The zero-order valence-electron chi connectivity index (χ0n) is 12.2. The Bertz CT molecular complexity index is 642. The normalized spacial score (nSPS) is 10.4. The second-order valence-corrected chi connectivity index (χ2v) is 6.20. The quantitative estimate of drug-likeness (QED) is 0.827. The molecule has 0 saturated heterocycles. The second-order valence-electron chi connectivity index (χ2n) is 4.38. The Morgan fingerprint density at radius 2 is 2.19 bits per heavy atom. The van der Waals surface area contributed by atoms with Crippen LogP contribution in [0, 0.1) is 0 Å². The van der Waals surface area contributed by atoms with Crippen molar-refractivity contribution in [1.82, 2.24) is 4.98 Å². The van der Waals surface area contributed by atoms with Gasteiger partial charge in [-0.25, -0.2) is 4.98 Å². The Balaban J connectivity index is 2.22. The number of carbonyl (C=O) groups is 1. The van der Waals surface area contributed by atoms with Crippen LogP contribution in [0.3, 0.4) is 0 Å². The highest BCUT2D eigenvalue weighted by Gasteiger charge is 2.18. The molecule has 0 aliphatic heterocycles. The lowest BCUT2D eigenvalue weighted by Gasteiger charge is -2.11. The van der Waals surface area contributed by atoms with Gasteiger partial charge in [-0.2, -0.15) is 0 Å². The van der Waals surface area contributed by atoms with Crippen LogP contribution in [0.25, 0.3) is 0 Å². The topological polar surface area (TPSA) is 71.2 Å². The second kappa shape index (κ2) is 6.82. The Hall–Kier alpha value is -1.73. The number of hydrogen-bond donors (Lipinski definition) is 2.